The summed E-state index contributed by atoms with van der Waals surface area (Å²) in [4.78, 5) is 24.7. The first-order valence-corrected chi connectivity index (χ1v) is 9.15. The molecule has 1 aliphatic heterocycles. The summed E-state index contributed by atoms with van der Waals surface area (Å²) in [6.45, 7) is 1.18. The number of halogens is 1. The Morgan fingerprint density at radius 3 is 2.67 bits per heavy atom. The minimum Gasteiger partial charge on any atom is -0.376 e. The largest absolute Gasteiger partial charge is 0.376 e. The smallest absolute Gasteiger partial charge is 0.253 e. The molecule has 2 aromatic carbocycles. The molecule has 142 valence electrons. The maximum Gasteiger partial charge on any atom is 0.253 e. The van der Waals surface area contributed by atoms with Gasteiger partial charge in [-0.25, -0.2) is 4.39 Å². The van der Waals surface area contributed by atoms with Crippen LogP contribution < -0.4 is 10.6 Å². The number of hydrogen-bond acceptors (Lipinski definition) is 3. The van der Waals surface area contributed by atoms with E-state index >= 15 is 0 Å². The molecular formula is C21H23FN2O3. The van der Waals surface area contributed by atoms with E-state index < -0.39 is 0 Å². The number of carbonyl (C=O) groups excluding carboxylic acids is 2. The second kappa shape index (κ2) is 9.28. The molecule has 0 saturated carbocycles. The van der Waals surface area contributed by atoms with Gasteiger partial charge in [0.05, 0.1) is 17.4 Å². The highest BCUT2D eigenvalue weighted by molar-refractivity contribution is 6.03. The molecule has 2 N–H and O–H groups in total. The second-order valence-electron chi connectivity index (χ2n) is 6.53. The van der Waals surface area contributed by atoms with E-state index in [4.69, 9.17) is 4.74 Å². The summed E-state index contributed by atoms with van der Waals surface area (Å²) in [6, 6.07) is 13.2. The third kappa shape index (κ3) is 5.37. The minimum atomic E-state index is -0.320. The van der Waals surface area contributed by atoms with E-state index in [1.807, 2.05) is 0 Å². The Balaban J connectivity index is 1.57. The first-order valence-electron chi connectivity index (χ1n) is 9.15. The van der Waals surface area contributed by atoms with E-state index in [9.17, 15) is 14.0 Å². The number of amides is 2. The van der Waals surface area contributed by atoms with Crippen LogP contribution in [-0.2, 0) is 16.0 Å². The SMILES string of the molecule is O=C(CCc1ccccc1F)Nc1ccccc1C(=O)NC[C@@H]1CCCO1. The van der Waals surface area contributed by atoms with Crippen molar-refractivity contribution in [3.8, 4) is 0 Å². The van der Waals surface area contributed by atoms with Crippen molar-refractivity contribution in [1.82, 2.24) is 5.32 Å². The van der Waals surface area contributed by atoms with Crippen molar-refractivity contribution < 1.29 is 18.7 Å². The van der Waals surface area contributed by atoms with Gasteiger partial charge in [0, 0.05) is 19.6 Å². The van der Waals surface area contributed by atoms with Crippen LogP contribution in [-0.4, -0.2) is 31.1 Å². The van der Waals surface area contributed by atoms with Gasteiger partial charge in [-0.15, -0.1) is 0 Å². The molecule has 27 heavy (non-hydrogen) atoms. The number of aryl methyl sites for hydroxylation is 1. The summed E-state index contributed by atoms with van der Waals surface area (Å²) in [6.07, 6.45) is 2.43. The molecule has 2 amide bonds. The molecule has 1 aliphatic rings. The Bertz CT molecular complexity index is 804. The van der Waals surface area contributed by atoms with Crippen LogP contribution in [0.5, 0.6) is 0 Å². The van der Waals surface area contributed by atoms with Crippen LogP contribution in [0.4, 0.5) is 10.1 Å². The molecule has 1 heterocycles. The number of hydrogen-bond donors (Lipinski definition) is 2. The van der Waals surface area contributed by atoms with Gasteiger partial charge in [0.2, 0.25) is 5.91 Å². The maximum atomic E-state index is 13.7. The molecule has 6 heteroatoms. The van der Waals surface area contributed by atoms with Crippen LogP contribution in [0.1, 0.15) is 35.2 Å². The predicted octanol–water partition coefficient (Wildman–Crippen LogP) is 3.31. The molecule has 3 rings (SSSR count). The minimum absolute atomic E-state index is 0.0523. The number of nitrogens with one attached hydrogen (secondary N) is 2. The monoisotopic (exact) mass is 370 g/mol. The maximum absolute atomic E-state index is 13.7. The standard InChI is InChI=1S/C21H23FN2O3/c22-18-9-3-1-6-15(18)11-12-20(25)24-19-10-4-2-8-17(19)21(26)23-14-16-7-5-13-27-16/h1-4,6,8-10,16H,5,7,11-14H2,(H,23,26)(H,24,25)/t16-/m0/s1. The summed E-state index contributed by atoms with van der Waals surface area (Å²) in [5, 5.41) is 5.61. The van der Waals surface area contributed by atoms with Gasteiger partial charge in [0.15, 0.2) is 0 Å². The highest BCUT2D eigenvalue weighted by Gasteiger charge is 2.18. The number of ether oxygens (including phenoxy) is 1. The van der Waals surface area contributed by atoms with Gasteiger partial charge >= 0.3 is 0 Å². The van der Waals surface area contributed by atoms with Crippen molar-refractivity contribution in [1.29, 1.82) is 0 Å². The molecule has 0 unspecified atom stereocenters. The van der Waals surface area contributed by atoms with Crippen molar-refractivity contribution in [2.75, 3.05) is 18.5 Å². The fraction of sp³-hybridized carbons (Fsp3) is 0.333. The summed E-state index contributed by atoms with van der Waals surface area (Å²) < 4.78 is 19.2. The van der Waals surface area contributed by atoms with Gasteiger partial charge in [0.25, 0.3) is 5.91 Å². The Morgan fingerprint density at radius 1 is 1.11 bits per heavy atom. The highest BCUT2D eigenvalue weighted by Crippen LogP contribution is 2.17. The van der Waals surface area contributed by atoms with E-state index in [0.29, 0.717) is 29.8 Å². The lowest BCUT2D eigenvalue weighted by Crippen LogP contribution is -2.32. The third-order valence-corrected chi connectivity index (χ3v) is 4.54. The first kappa shape index (κ1) is 19.0. The zero-order chi connectivity index (χ0) is 19.1. The third-order valence-electron chi connectivity index (χ3n) is 4.54. The fourth-order valence-corrected chi connectivity index (χ4v) is 3.06. The van der Waals surface area contributed by atoms with Crippen LogP contribution in [0.2, 0.25) is 0 Å². The van der Waals surface area contributed by atoms with Gasteiger partial charge in [-0.05, 0) is 43.0 Å². The topological polar surface area (TPSA) is 67.4 Å². The second-order valence-corrected chi connectivity index (χ2v) is 6.53. The molecule has 5 nitrogen and oxygen atoms in total. The summed E-state index contributed by atoms with van der Waals surface area (Å²) >= 11 is 0. The van der Waals surface area contributed by atoms with Crippen molar-refractivity contribution >= 4 is 17.5 Å². The molecule has 0 spiro atoms. The van der Waals surface area contributed by atoms with Crippen LogP contribution in [0.25, 0.3) is 0 Å². The number of carbonyl (C=O) groups is 2. The molecule has 2 aromatic rings. The summed E-state index contributed by atoms with van der Waals surface area (Å²) in [7, 11) is 0. The van der Waals surface area contributed by atoms with E-state index in [1.54, 1.807) is 42.5 Å². The molecule has 1 saturated heterocycles. The van der Waals surface area contributed by atoms with Crippen LogP contribution in [0.15, 0.2) is 48.5 Å². The normalized spacial score (nSPS) is 16.1. The number of para-hydroxylation sites is 1. The van der Waals surface area contributed by atoms with Crippen LogP contribution >= 0.6 is 0 Å². The fourth-order valence-electron chi connectivity index (χ4n) is 3.06. The van der Waals surface area contributed by atoms with Crippen LogP contribution in [0.3, 0.4) is 0 Å². The number of benzene rings is 2. The van der Waals surface area contributed by atoms with Gasteiger partial charge in [-0.3, -0.25) is 9.59 Å². The molecule has 0 aromatic heterocycles. The molecule has 0 bridgehead atoms. The van der Waals surface area contributed by atoms with Crippen molar-refractivity contribution in [3.05, 3.63) is 65.5 Å². The lowest BCUT2D eigenvalue weighted by atomic mass is 10.1. The number of anilines is 1. The van der Waals surface area contributed by atoms with Crippen molar-refractivity contribution in [3.63, 3.8) is 0 Å². The van der Waals surface area contributed by atoms with Gasteiger partial charge in [0.1, 0.15) is 5.82 Å². The zero-order valence-electron chi connectivity index (χ0n) is 15.0. The molecule has 1 fully saturated rings. The Kier molecular flexibility index (Phi) is 6.54. The molecule has 0 radical (unpaired) electrons. The summed E-state index contributed by atoms with van der Waals surface area (Å²) in [5.41, 5.74) is 1.34. The van der Waals surface area contributed by atoms with Crippen molar-refractivity contribution in [2.24, 2.45) is 0 Å². The van der Waals surface area contributed by atoms with E-state index in [-0.39, 0.29) is 30.2 Å². The van der Waals surface area contributed by atoms with E-state index in [0.717, 1.165) is 19.4 Å². The lowest BCUT2D eigenvalue weighted by molar-refractivity contribution is -0.116. The quantitative estimate of drug-likeness (QED) is 0.786. The average Bonchev–Trinajstić information content (AvgIpc) is 3.19. The summed E-state index contributed by atoms with van der Waals surface area (Å²) in [5.74, 6) is -0.840. The average molecular weight is 370 g/mol. The highest BCUT2D eigenvalue weighted by atomic mass is 19.1. The van der Waals surface area contributed by atoms with Gasteiger partial charge in [-0.2, -0.15) is 0 Å². The molecule has 0 aliphatic carbocycles. The van der Waals surface area contributed by atoms with E-state index in [2.05, 4.69) is 10.6 Å². The Morgan fingerprint density at radius 2 is 1.89 bits per heavy atom. The van der Waals surface area contributed by atoms with E-state index in [1.165, 1.54) is 6.07 Å². The Labute approximate surface area is 157 Å². The Hall–Kier alpha value is -2.73. The molecular weight excluding hydrogens is 347 g/mol. The zero-order valence-corrected chi connectivity index (χ0v) is 15.0. The van der Waals surface area contributed by atoms with Gasteiger partial charge in [-0.1, -0.05) is 30.3 Å². The number of rotatable bonds is 7. The lowest BCUT2D eigenvalue weighted by Gasteiger charge is -2.14. The van der Waals surface area contributed by atoms with Gasteiger partial charge < -0.3 is 15.4 Å². The first-order chi connectivity index (χ1) is 13.1. The predicted molar refractivity (Wildman–Crippen MR) is 101 cm³/mol. The molecule has 1 atom stereocenters. The van der Waals surface area contributed by atoms with Crippen molar-refractivity contribution in [2.45, 2.75) is 31.8 Å². The van der Waals surface area contributed by atoms with Crippen LogP contribution in [0, 0.1) is 5.82 Å².